The van der Waals surface area contributed by atoms with E-state index in [9.17, 15) is 4.79 Å². The molecule has 0 radical (unpaired) electrons. The minimum absolute atomic E-state index is 0.0518. The molecule has 1 aromatic heterocycles. The summed E-state index contributed by atoms with van der Waals surface area (Å²) in [6, 6.07) is 0. The first-order valence-electron chi connectivity index (χ1n) is 7.63. The average Bonchev–Trinajstić information content (AvgIpc) is 2.69. The van der Waals surface area contributed by atoms with Gasteiger partial charge in [0, 0.05) is 38.7 Å². The number of fused-ring (bicyclic) bond motifs is 1. The Hall–Kier alpha value is -1.40. The number of carbonyl (C=O) groups excluding carboxylic acids is 1. The van der Waals surface area contributed by atoms with E-state index in [1.807, 2.05) is 32.7 Å². The van der Waals surface area contributed by atoms with Gasteiger partial charge in [0.15, 0.2) is 0 Å². The second-order valence-electron chi connectivity index (χ2n) is 5.92. The quantitative estimate of drug-likeness (QED) is 0.843. The summed E-state index contributed by atoms with van der Waals surface area (Å²) < 4.78 is 13.0. The molecule has 0 bridgehead atoms. The fourth-order valence-electron chi connectivity index (χ4n) is 3.23. The van der Waals surface area contributed by atoms with Crippen LogP contribution < -0.4 is 0 Å². The first-order valence-corrected chi connectivity index (χ1v) is 7.63. The highest BCUT2D eigenvalue weighted by atomic mass is 16.5. The van der Waals surface area contributed by atoms with Crippen molar-refractivity contribution >= 4 is 5.91 Å². The smallest absolute Gasteiger partial charge is 0.272 e. The predicted octanol–water partition coefficient (Wildman–Crippen LogP) is 1.30. The van der Waals surface area contributed by atoms with Crippen molar-refractivity contribution in [1.29, 1.82) is 0 Å². The standard InChI is InChI=1S/C15H23N3O3/c1-5-20-11-7-18(8-11)15(19)14-12-6-9(2)21-10(3)13(12)16-17(14)4/h9-11H,5-8H2,1-4H3/t9-,10+/m1/s1. The van der Waals surface area contributed by atoms with Crippen LogP contribution in [0, 0.1) is 0 Å². The first kappa shape index (κ1) is 14.5. The van der Waals surface area contributed by atoms with E-state index in [-0.39, 0.29) is 24.2 Å². The zero-order valence-electron chi connectivity index (χ0n) is 13.1. The molecule has 0 spiro atoms. The van der Waals surface area contributed by atoms with Gasteiger partial charge in [0.2, 0.25) is 0 Å². The summed E-state index contributed by atoms with van der Waals surface area (Å²) >= 11 is 0. The monoisotopic (exact) mass is 293 g/mol. The normalized spacial score (nSPS) is 25.6. The van der Waals surface area contributed by atoms with E-state index in [4.69, 9.17) is 9.47 Å². The molecule has 1 saturated heterocycles. The Labute approximate surface area is 125 Å². The van der Waals surface area contributed by atoms with Gasteiger partial charge in [0.25, 0.3) is 5.91 Å². The highest BCUT2D eigenvalue weighted by Crippen LogP contribution is 2.32. The van der Waals surface area contributed by atoms with Gasteiger partial charge in [0.1, 0.15) is 5.69 Å². The van der Waals surface area contributed by atoms with Crippen LogP contribution in [0.4, 0.5) is 0 Å². The molecule has 1 fully saturated rings. The molecule has 0 N–H and O–H groups in total. The van der Waals surface area contributed by atoms with E-state index in [1.165, 1.54) is 0 Å². The number of likely N-dealkylation sites (tertiary alicyclic amines) is 1. The number of hydrogen-bond donors (Lipinski definition) is 0. The van der Waals surface area contributed by atoms with Gasteiger partial charge in [-0.05, 0) is 20.8 Å². The maximum Gasteiger partial charge on any atom is 0.272 e. The molecule has 0 aromatic carbocycles. The Balaban J connectivity index is 1.82. The minimum Gasteiger partial charge on any atom is -0.375 e. The molecule has 3 heterocycles. The molecule has 0 aliphatic carbocycles. The van der Waals surface area contributed by atoms with Crippen molar-refractivity contribution in [1.82, 2.24) is 14.7 Å². The molecule has 116 valence electrons. The van der Waals surface area contributed by atoms with Crippen molar-refractivity contribution in [2.75, 3.05) is 19.7 Å². The Morgan fingerprint density at radius 3 is 2.81 bits per heavy atom. The molecule has 1 amide bonds. The number of carbonyl (C=O) groups is 1. The Morgan fingerprint density at radius 1 is 1.43 bits per heavy atom. The van der Waals surface area contributed by atoms with Crippen LogP contribution >= 0.6 is 0 Å². The third kappa shape index (κ3) is 2.46. The number of nitrogens with zero attached hydrogens (tertiary/aromatic N) is 3. The molecule has 6 heteroatoms. The number of amides is 1. The zero-order valence-corrected chi connectivity index (χ0v) is 13.1. The molecule has 2 atom stereocenters. The Bertz CT molecular complexity index is 549. The number of rotatable bonds is 3. The molecule has 1 aromatic rings. The highest BCUT2D eigenvalue weighted by Gasteiger charge is 2.37. The lowest BCUT2D eigenvalue weighted by molar-refractivity contribution is -0.0383. The van der Waals surface area contributed by atoms with Gasteiger partial charge in [0.05, 0.1) is 24.0 Å². The lowest BCUT2D eigenvalue weighted by Gasteiger charge is -2.39. The molecule has 21 heavy (non-hydrogen) atoms. The SMILES string of the molecule is CCOC1CN(C(=O)c2c3c(nn2C)[C@H](C)O[C@H](C)C3)C1. The van der Waals surface area contributed by atoms with Crippen LogP contribution in [0.5, 0.6) is 0 Å². The topological polar surface area (TPSA) is 56.6 Å². The third-order valence-corrected chi connectivity index (χ3v) is 4.23. The van der Waals surface area contributed by atoms with Gasteiger partial charge < -0.3 is 14.4 Å². The largest absolute Gasteiger partial charge is 0.375 e. The maximum atomic E-state index is 12.7. The number of aryl methyl sites for hydroxylation is 1. The van der Waals surface area contributed by atoms with Crippen LogP contribution in [0.15, 0.2) is 0 Å². The van der Waals surface area contributed by atoms with Crippen LogP contribution in [0.1, 0.15) is 48.6 Å². The van der Waals surface area contributed by atoms with Crippen molar-refractivity contribution in [3.63, 3.8) is 0 Å². The fourth-order valence-corrected chi connectivity index (χ4v) is 3.23. The molecule has 2 aliphatic rings. The maximum absolute atomic E-state index is 12.7. The van der Waals surface area contributed by atoms with Crippen molar-refractivity contribution < 1.29 is 14.3 Å². The molecule has 2 aliphatic heterocycles. The Morgan fingerprint density at radius 2 is 2.14 bits per heavy atom. The summed E-state index contributed by atoms with van der Waals surface area (Å²) in [7, 11) is 1.84. The van der Waals surface area contributed by atoms with Crippen LogP contribution in [-0.4, -0.2) is 52.5 Å². The lowest BCUT2D eigenvalue weighted by Crippen LogP contribution is -2.55. The lowest BCUT2D eigenvalue weighted by atomic mass is 9.98. The highest BCUT2D eigenvalue weighted by molar-refractivity contribution is 5.95. The predicted molar refractivity (Wildman–Crippen MR) is 77.2 cm³/mol. The third-order valence-electron chi connectivity index (χ3n) is 4.23. The van der Waals surface area contributed by atoms with Crippen LogP contribution in [0.25, 0.3) is 0 Å². The van der Waals surface area contributed by atoms with Crippen molar-refractivity contribution in [3.05, 3.63) is 17.0 Å². The van der Waals surface area contributed by atoms with Crippen molar-refractivity contribution in [2.45, 2.75) is 45.5 Å². The van der Waals surface area contributed by atoms with Gasteiger partial charge in [-0.3, -0.25) is 9.48 Å². The second-order valence-corrected chi connectivity index (χ2v) is 5.92. The van der Waals surface area contributed by atoms with Crippen molar-refractivity contribution in [3.8, 4) is 0 Å². The van der Waals surface area contributed by atoms with E-state index in [1.54, 1.807) is 4.68 Å². The minimum atomic E-state index is -0.0518. The summed E-state index contributed by atoms with van der Waals surface area (Å²) in [5.74, 6) is 0.0588. The Kier molecular flexibility index (Phi) is 3.75. The van der Waals surface area contributed by atoms with Crippen LogP contribution in [-0.2, 0) is 22.9 Å². The zero-order chi connectivity index (χ0) is 15.1. The van der Waals surface area contributed by atoms with E-state index in [2.05, 4.69) is 5.10 Å². The van der Waals surface area contributed by atoms with E-state index < -0.39 is 0 Å². The van der Waals surface area contributed by atoms with E-state index in [0.717, 1.165) is 17.7 Å². The molecular weight excluding hydrogens is 270 g/mol. The molecule has 3 rings (SSSR count). The fraction of sp³-hybridized carbons (Fsp3) is 0.733. The summed E-state index contributed by atoms with van der Waals surface area (Å²) in [5.41, 5.74) is 2.66. The summed E-state index contributed by atoms with van der Waals surface area (Å²) in [6.45, 7) is 8.05. The molecule has 0 unspecified atom stereocenters. The number of aromatic nitrogens is 2. The van der Waals surface area contributed by atoms with E-state index in [0.29, 0.717) is 25.4 Å². The van der Waals surface area contributed by atoms with Gasteiger partial charge >= 0.3 is 0 Å². The van der Waals surface area contributed by atoms with Gasteiger partial charge in [-0.2, -0.15) is 5.10 Å². The molecule has 0 saturated carbocycles. The van der Waals surface area contributed by atoms with Crippen LogP contribution in [0.2, 0.25) is 0 Å². The molecular formula is C15H23N3O3. The number of hydrogen-bond acceptors (Lipinski definition) is 4. The van der Waals surface area contributed by atoms with Gasteiger partial charge in [-0.25, -0.2) is 0 Å². The van der Waals surface area contributed by atoms with E-state index >= 15 is 0 Å². The summed E-state index contributed by atoms with van der Waals surface area (Å²) in [5, 5.41) is 4.50. The number of ether oxygens (including phenoxy) is 2. The second kappa shape index (κ2) is 5.42. The average molecular weight is 293 g/mol. The van der Waals surface area contributed by atoms with Gasteiger partial charge in [-0.1, -0.05) is 0 Å². The van der Waals surface area contributed by atoms with Gasteiger partial charge in [-0.15, -0.1) is 0 Å². The summed E-state index contributed by atoms with van der Waals surface area (Å²) in [4.78, 5) is 14.5. The van der Waals surface area contributed by atoms with Crippen molar-refractivity contribution in [2.24, 2.45) is 7.05 Å². The van der Waals surface area contributed by atoms with Crippen LogP contribution in [0.3, 0.4) is 0 Å². The first-order chi connectivity index (χ1) is 10.0. The molecule has 6 nitrogen and oxygen atoms in total. The summed E-state index contributed by atoms with van der Waals surface area (Å²) in [6.07, 6.45) is 1.00.